The number of fused-ring (bicyclic) bond motifs is 1. The zero-order valence-electron chi connectivity index (χ0n) is 13.3. The highest BCUT2D eigenvalue weighted by atomic mass is 16.1. The van der Waals surface area contributed by atoms with E-state index in [0.29, 0.717) is 17.8 Å². The Morgan fingerprint density at radius 3 is 3.12 bits per heavy atom. The first-order chi connectivity index (χ1) is 11.7. The molecule has 0 saturated carbocycles. The molecule has 9 nitrogen and oxygen atoms in total. The number of hydrogen-bond acceptors (Lipinski definition) is 6. The number of hydrogen-bond donors (Lipinski definition) is 2. The van der Waals surface area contributed by atoms with Crippen molar-refractivity contribution < 1.29 is 4.79 Å². The number of aromatic amines is 1. The molecule has 3 aromatic heterocycles. The van der Waals surface area contributed by atoms with Gasteiger partial charge in [0.2, 0.25) is 0 Å². The maximum absolute atomic E-state index is 12.3. The van der Waals surface area contributed by atoms with Crippen LogP contribution in [0, 0.1) is 0 Å². The molecule has 0 aromatic carbocycles. The third-order valence-electron chi connectivity index (χ3n) is 4.23. The minimum atomic E-state index is -0.0932. The van der Waals surface area contributed by atoms with Crippen LogP contribution in [0.1, 0.15) is 23.2 Å². The topological polar surface area (TPSA) is 105 Å². The Hall–Kier alpha value is -2.97. The van der Waals surface area contributed by atoms with Crippen LogP contribution < -0.4 is 10.2 Å². The lowest BCUT2D eigenvalue weighted by atomic mass is 10.1. The SMILES string of the molecule is Cn1cc(C(=O)NC2CCCN(c3ncnc4nc[nH]c34)C2)cn1. The Morgan fingerprint density at radius 2 is 2.29 bits per heavy atom. The average molecular weight is 326 g/mol. The fraction of sp³-hybridized carbons (Fsp3) is 0.400. The van der Waals surface area contributed by atoms with Gasteiger partial charge in [-0.05, 0) is 12.8 Å². The number of aromatic nitrogens is 6. The molecular formula is C15H18N8O. The second-order valence-electron chi connectivity index (χ2n) is 5.96. The molecule has 4 rings (SSSR count). The summed E-state index contributed by atoms with van der Waals surface area (Å²) in [5, 5.41) is 7.13. The number of aryl methyl sites for hydroxylation is 1. The maximum atomic E-state index is 12.3. The number of nitrogens with zero attached hydrogens (tertiary/aromatic N) is 6. The van der Waals surface area contributed by atoms with Crippen LogP contribution in [0.25, 0.3) is 11.2 Å². The lowest BCUT2D eigenvalue weighted by molar-refractivity contribution is 0.0933. The van der Waals surface area contributed by atoms with Crippen molar-refractivity contribution in [2.24, 2.45) is 7.05 Å². The molecule has 2 N–H and O–H groups in total. The normalized spacial score (nSPS) is 18.0. The molecule has 0 spiro atoms. The van der Waals surface area contributed by atoms with Crippen LogP contribution >= 0.6 is 0 Å². The molecule has 1 aliphatic rings. The van der Waals surface area contributed by atoms with Crippen LogP contribution in [0.3, 0.4) is 0 Å². The van der Waals surface area contributed by atoms with Gasteiger partial charge in [-0.3, -0.25) is 9.48 Å². The molecule has 9 heteroatoms. The number of carbonyl (C=O) groups is 1. The molecular weight excluding hydrogens is 308 g/mol. The predicted octanol–water partition coefficient (Wildman–Crippen LogP) is 0.485. The van der Waals surface area contributed by atoms with E-state index in [0.717, 1.165) is 30.7 Å². The Balaban J connectivity index is 1.49. The summed E-state index contributed by atoms with van der Waals surface area (Å²) in [6, 6.07) is 0.0689. The zero-order valence-corrected chi connectivity index (χ0v) is 13.3. The minimum Gasteiger partial charge on any atom is -0.353 e. The first kappa shape index (κ1) is 14.6. The summed E-state index contributed by atoms with van der Waals surface area (Å²) in [6.45, 7) is 1.60. The second-order valence-corrected chi connectivity index (χ2v) is 5.96. The van der Waals surface area contributed by atoms with Gasteiger partial charge in [-0.1, -0.05) is 0 Å². The van der Waals surface area contributed by atoms with Gasteiger partial charge in [-0.2, -0.15) is 5.10 Å². The molecule has 24 heavy (non-hydrogen) atoms. The van der Waals surface area contributed by atoms with Gasteiger partial charge in [0, 0.05) is 32.4 Å². The van der Waals surface area contributed by atoms with Gasteiger partial charge in [0.05, 0.1) is 18.1 Å². The second kappa shape index (κ2) is 5.91. The van der Waals surface area contributed by atoms with E-state index in [4.69, 9.17) is 0 Å². The van der Waals surface area contributed by atoms with E-state index < -0.39 is 0 Å². The molecule has 1 saturated heterocycles. The van der Waals surface area contributed by atoms with E-state index in [9.17, 15) is 4.79 Å². The van der Waals surface area contributed by atoms with Crippen LogP contribution in [-0.4, -0.2) is 54.8 Å². The lowest BCUT2D eigenvalue weighted by Gasteiger charge is -2.33. The van der Waals surface area contributed by atoms with Crippen molar-refractivity contribution in [2.75, 3.05) is 18.0 Å². The number of imidazole rings is 1. The molecule has 1 amide bonds. The quantitative estimate of drug-likeness (QED) is 0.725. The van der Waals surface area contributed by atoms with Crippen LogP contribution in [-0.2, 0) is 7.05 Å². The standard InChI is InChI=1S/C15H18N8O/c1-22-6-10(5-20-22)15(24)21-11-3-2-4-23(7-11)14-12-13(17-8-16-12)18-9-19-14/h5-6,8-9,11H,2-4,7H2,1H3,(H,21,24)(H,16,17,18,19). The van der Waals surface area contributed by atoms with Gasteiger partial charge >= 0.3 is 0 Å². The predicted molar refractivity (Wildman–Crippen MR) is 87.6 cm³/mol. The highest BCUT2D eigenvalue weighted by molar-refractivity contribution is 5.94. The van der Waals surface area contributed by atoms with Crippen molar-refractivity contribution >= 4 is 22.9 Å². The van der Waals surface area contributed by atoms with Gasteiger partial charge in [0.1, 0.15) is 11.8 Å². The van der Waals surface area contributed by atoms with Gasteiger partial charge < -0.3 is 15.2 Å². The summed E-state index contributed by atoms with van der Waals surface area (Å²) in [6.07, 6.45) is 8.37. The summed E-state index contributed by atoms with van der Waals surface area (Å²) < 4.78 is 1.62. The van der Waals surface area contributed by atoms with Gasteiger partial charge in [0.15, 0.2) is 11.5 Å². The number of nitrogens with one attached hydrogen (secondary N) is 2. The molecule has 3 aromatic rings. The number of amides is 1. The van der Waals surface area contributed by atoms with Crippen molar-refractivity contribution in [3.63, 3.8) is 0 Å². The van der Waals surface area contributed by atoms with E-state index >= 15 is 0 Å². The molecule has 0 aliphatic carbocycles. The van der Waals surface area contributed by atoms with E-state index in [2.05, 4.69) is 35.3 Å². The van der Waals surface area contributed by atoms with Crippen molar-refractivity contribution in [2.45, 2.75) is 18.9 Å². The smallest absolute Gasteiger partial charge is 0.254 e. The summed E-state index contributed by atoms with van der Waals surface area (Å²) in [4.78, 5) is 30.3. The molecule has 0 radical (unpaired) electrons. The fourth-order valence-corrected chi connectivity index (χ4v) is 3.09. The third kappa shape index (κ3) is 2.68. The maximum Gasteiger partial charge on any atom is 0.254 e. The molecule has 4 heterocycles. The van der Waals surface area contributed by atoms with Crippen molar-refractivity contribution in [1.29, 1.82) is 0 Å². The monoisotopic (exact) mass is 326 g/mol. The number of rotatable bonds is 3. The highest BCUT2D eigenvalue weighted by Crippen LogP contribution is 2.23. The Labute approximate surface area is 138 Å². The molecule has 1 atom stereocenters. The largest absolute Gasteiger partial charge is 0.353 e. The van der Waals surface area contributed by atoms with E-state index in [1.165, 1.54) is 6.33 Å². The molecule has 0 bridgehead atoms. The van der Waals surface area contributed by atoms with Gasteiger partial charge in [0.25, 0.3) is 5.91 Å². The molecule has 1 fully saturated rings. The molecule has 124 valence electrons. The van der Waals surface area contributed by atoms with Crippen LogP contribution in [0.5, 0.6) is 0 Å². The van der Waals surface area contributed by atoms with E-state index in [1.54, 1.807) is 30.5 Å². The number of H-pyrrole nitrogens is 1. The number of piperidine rings is 1. The van der Waals surface area contributed by atoms with Gasteiger partial charge in [-0.25, -0.2) is 15.0 Å². The van der Waals surface area contributed by atoms with Crippen molar-refractivity contribution in [3.8, 4) is 0 Å². The molecule has 1 aliphatic heterocycles. The van der Waals surface area contributed by atoms with Crippen molar-refractivity contribution in [3.05, 3.63) is 30.6 Å². The van der Waals surface area contributed by atoms with E-state index in [1.807, 2.05) is 0 Å². The van der Waals surface area contributed by atoms with E-state index in [-0.39, 0.29) is 11.9 Å². The summed E-state index contributed by atoms with van der Waals surface area (Å²) in [5.41, 5.74) is 2.06. The lowest BCUT2D eigenvalue weighted by Crippen LogP contribution is -2.48. The number of anilines is 1. The zero-order chi connectivity index (χ0) is 16.5. The molecule has 1 unspecified atom stereocenters. The minimum absolute atomic E-state index is 0.0689. The first-order valence-electron chi connectivity index (χ1n) is 7.89. The summed E-state index contributed by atoms with van der Waals surface area (Å²) in [5.74, 6) is 0.738. The Morgan fingerprint density at radius 1 is 1.38 bits per heavy atom. The third-order valence-corrected chi connectivity index (χ3v) is 4.23. The summed E-state index contributed by atoms with van der Waals surface area (Å²) in [7, 11) is 1.80. The average Bonchev–Trinajstić information content (AvgIpc) is 3.23. The highest BCUT2D eigenvalue weighted by Gasteiger charge is 2.24. The first-order valence-corrected chi connectivity index (χ1v) is 7.89. The van der Waals surface area contributed by atoms with Gasteiger partial charge in [-0.15, -0.1) is 0 Å². The number of carbonyl (C=O) groups excluding carboxylic acids is 1. The van der Waals surface area contributed by atoms with Crippen LogP contribution in [0.4, 0.5) is 5.82 Å². The summed E-state index contributed by atoms with van der Waals surface area (Å²) >= 11 is 0. The van der Waals surface area contributed by atoms with Crippen LogP contribution in [0.15, 0.2) is 25.0 Å². The Kier molecular flexibility index (Phi) is 3.60. The Bertz CT molecular complexity index is 869. The van der Waals surface area contributed by atoms with Crippen molar-refractivity contribution in [1.82, 2.24) is 35.0 Å². The fourth-order valence-electron chi connectivity index (χ4n) is 3.09. The van der Waals surface area contributed by atoms with Crippen LogP contribution in [0.2, 0.25) is 0 Å².